The number of halogens is 1. The standard InChI is InChI=1S/C20H32N6O3.HI/c1-2-22-20(24-17-10-13-25(14-11-17)15-19(21)27)23-12-4-3-5-16-6-8-18(9-7-16)26(28)29;/h6-9,17H,2-5,10-15H2,1H3,(H2,21,27)(H2,22,23,24);1H. The fraction of sp³-hybridized carbons (Fsp3) is 0.600. The summed E-state index contributed by atoms with van der Waals surface area (Å²) in [6.45, 7) is 5.61. The number of nitro benzene ring substituents is 1. The van der Waals surface area contributed by atoms with Crippen molar-refractivity contribution in [2.75, 3.05) is 32.7 Å². The predicted molar refractivity (Wildman–Crippen MR) is 129 cm³/mol. The molecule has 1 aliphatic rings. The maximum Gasteiger partial charge on any atom is 0.269 e. The Hall–Kier alpha value is -1.95. The molecule has 9 nitrogen and oxygen atoms in total. The first kappa shape index (κ1) is 26.1. The molecule has 0 radical (unpaired) electrons. The fourth-order valence-electron chi connectivity index (χ4n) is 3.39. The number of non-ortho nitro benzene ring substituents is 1. The molecule has 0 aromatic heterocycles. The molecule has 1 fully saturated rings. The molecule has 1 aromatic rings. The number of primary amides is 1. The highest BCUT2D eigenvalue weighted by Gasteiger charge is 2.20. The molecule has 30 heavy (non-hydrogen) atoms. The van der Waals surface area contributed by atoms with Crippen LogP contribution < -0.4 is 16.4 Å². The molecule has 10 heteroatoms. The molecule has 1 amide bonds. The molecule has 168 valence electrons. The van der Waals surface area contributed by atoms with Crippen LogP contribution in [0.25, 0.3) is 0 Å². The van der Waals surface area contributed by atoms with E-state index in [9.17, 15) is 14.9 Å². The molecule has 2 rings (SSSR count). The molecular formula is C20H33IN6O3. The Labute approximate surface area is 195 Å². The highest BCUT2D eigenvalue weighted by atomic mass is 127. The van der Waals surface area contributed by atoms with Crippen molar-refractivity contribution in [3.63, 3.8) is 0 Å². The second-order valence-electron chi connectivity index (χ2n) is 7.30. The Morgan fingerprint density at radius 2 is 1.93 bits per heavy atom. The number of nitrogens with one attached hydrogen (secondary N) is 2. The summed E-state index contributed by atoms with van der Waals surface area (Å²) in [6, 6.07) is 7.08. The van der Waals surface area contributed by atoms with Crippen molar-refractivity contribution < 1.29 is 9.72 Å². The molecule has 1 saturated heterocycles. The van der Waals surface area contributed by atoms with Crippen molar-refractivity contribution in [2.24, 2.45) is 10.7 Å². The van der Waals surface area contributed by atoms with Gasteiger partial charge in [-0.05, 0) is 44.6 Å². The van der Waals surface area contributed by atoms with Gasteiger partial charge in [-0.3, -0.25) is 24.8 Å². The van der Waals surface area contributed by atoms with Crippen molar-refractivity contribution in [1.29, 1.82) is 0 Å². The molecule has 0 atom stereocenters. The third-order valence-corrected chi connectivity index (χ3v) is 4.94. The lowest BCUT2D eigenvalue weighted by Gasteiger charge is -2.32. The summed E-state index contributed by atoms with van der Waals surface area (Å²) in [5.74, 6) is 0.552. The van der Waals surface area contributed by atoms with Gasteiger partial charge in [0.05, 0.1) is 11.5 Å². The molecule has 0 bridgehead atoms. The number of rotatable bonds is 10. The van der Waals surface area contributed by atoms with E-state index in [1.54, 1.807) is 12.1 Å². The first-order valence-corrected chi connectivity index (χ1v) is 10.3. The minimum absolute atomic E-state index is 0. The summed E-state index contributed by atoms with van der Waals surface area (Å²) >= 11 is 0. The normalized spacial score (nSPS) is 15.3. The zero-order valence-corrected chi connectivity index (χ0v) is 19.8. The minimum Gasteiger partial charge on any atom is -0.369 e. The molecule has 0 spiro atoms. The summed E-state index contributed by atoms with van der Waals surface area (Å²) in [7, 11) is 0. The average Bonchev–Trinajstić information content (AvgIpc) is 2.69. The van der Waals surface area contributed by atoms with Gasteiger partial charge < -0.3 is 16.4 Å². The number of benzene rings is 1. The number of piperidine rings is 1. The predicted octanol–water partition coefficient (Wildman–Crippen LogP) is 2.04. The smallest absolute Gasteiger partial charge is 0.269 e. The number of carbonyl (C=O) groups is 1. The van der Waals surface area contributed by atoms with Gasteiger partial charge in [0.2, 0.25) is 5.91 Å². The molecule has 0 saturated carbocycles. The lowest BCUT2D eigenvalue weighted by molar-refractivity contribution is -0.384. The monoisotopic (exact) mass is 532 g/mol. The highest BCUT2D eigenvalue weighted by molar-refractivity contribution is 14.0. The summed E-state index contributed by atoms with van der Waals surface area (Å²) in [5, 5.41) is 17.5. The number of aliphatic imine (C=N–C) groups is 1. The Balaban J connectivity index is 0.00000450. The number of unbranched alkanes of at least 4 members (excludes halogenated alkanes) is 1. The van der Waals surface area contributed by atoms with E-state index >= 15 is 0 Å². The van der Waals surface area contributed by atoms with Crippen molar-refractivity contribution in [3.05, 3.63) is 39.9 Å². The Kier molecular flexibility index (Phi) is 12.3. The van der Waals surface area contributed by atoms with Crippen LogP contribution in [-0.4, -0.2) is 60.5 Å². The molecule has 1 aliphatic heterocycles. The largest absolute Gasteiger partial charge is 0.369 e. The second-order valence-corrected chi connectivity index (χ2v) is 7.30. The zero-order valence-electron chi connectivity index (χ0n) is 17.5. The number of hydrogen-bond acceptors (Lipinski definition) is 5. The second kappa shape index (κ2) is 14.1. The van der Waals surface area contributed by atoms with Gasteiger partial charge in [0, 0.05) is 44.4 Å². The highest BCUT2D eigenvalue weighted by Crippen LogP contribution is 2.14. The van der Waals surface area contributed by atoms with Crippen LogP contribution in [0.3, 0.4) is 0 Å². The van der Waals surface area contributed by atoms with Crippen LogP contribution in [0.2, 0.25) is 0 Å². The van der Waals surface area contributed by atoms with Crippen LogP contribution in [0.1, 0.15) is 38.2 Å². The molecule has 1 heterocycles. The summed E-state index contributed by atoms with van der Waals surface area (Å²) < 4.78 is 0. The van der Waals surface area contributed by atoms with Crippen LogP contribution in [-0.2, 0) is 11.2 Å². The van der Waals surface area contributed by atoms with Crippen LogP contribution in [0.15, 0.2) is 29.3 Å². The third kappa shape index (κ3) is 9.70. The number of aryl methyl sites for hydroxylation is 1. The SMILES string of the molecule is CCNC(=NCCCCc1ccc([N+](=O)[O-])cc1)NC1CCN(CC(N)=O)CC1.I. The van der Waals surface area contributed by atoms with Gasteiger partial charge >= 0.3 is 0 Å². The van der Waals surface area contributed by atoms with E-state index in [1.807, 2.05) is 19.1 Å². The molecule has 1 aromatic carbocycles. The van der Waals surface area contributed by atoms with Gasteiger partial charge in [0.25, 0.3) is 5.69 Å². The number of likely N-dealkylation sites (tertiary alicyclic amines) is 1. The number of amides is 1. The van der Waals surface area contributed by atoms with Crippen molar-refractivity contribution in [2.45, 2.75) is 45.1 Å². The summed E-state index contributed by atoms with van der Waals surface area (Å²) in [4.78, 5) is 28.1. The lowest BCUT2D eigenvalue weighted by Crippen LogP contribution is -2.49. The number of guanidine groups is 1. The van der Waals surface area contributed by atoms with E-state index < -0.39 is 0 Å². The molecule has 0 unspecified atom stereocenters. The zero-order chi connectivity index (χ0) is 21.1. The van der Waals surface area contributed by atoms with Gasteiger partial charge in [-0.2, -0.15) is 0 Å². The van der Waals surface area contributed by atoms with Crippen LogP contribution >= 0.6 is 24.0 Å². The minimum atomic E-state index is -0.380. The fourth-order valence-corrected chi connectivity index (χ4v) is 3.39. The van der Waals surface area contributed by atoms with E-state index in [-0.39, 0.29) is 40.5 Å². The van der Waals surface area contributed by atoms with E-state index in [4.69, 9.17) is 5.73 Å². The maximum absolute atomic E-state index is 11.0. The topological polar surface area (TPSA) is 126 Å². The first-order valence-electron chi connectivity index (χ1n) is 10.3. The lowest BCUT2D eigenvalue weighted by atomic mass is 10.1. The average molecular weight is 532 g/mol. The van der Waals surface area contributed by atoms with Crippen LogP contribution in [0, 0.1) is 10.1 Å². The molecule has 0 aliphatic carbocycles. The quantitative estimate of drug-likeness (QED) is 0.106. The van der Waals surface area contributed by atoms with Crippen LogP contribution in [0.5, 0.6) is 0 Å². The maximum atomic E-state index is 11.0. The van der Waals surface area contributed by atoms with Gasteiger partial charge in [0.1, 0.15) is 0 Å². The number of nitro groups is 1. The first-order chi connectivity index (χ1) is 14.0. The van der Waals surface area contributed by atoms with E-state index in [2.05, 4.69) is 20.5 Å². The number of hydrogen-bond donors (Lipinski definition) is 3. The number of nitrogens with two attached hydrogens (primary N) is 1. The van der Waals surface area contributed by atoms with E-state index in [0.29, 0.717) is 12.6 Å². The number of nitrogens with zero attached hydrogens (tertiary/aromatic N) is 3. The van der Waals surface area contributed by atoms with Gasteiger partial charge in [-0.25, -0.2) is 0 Å². The van der Waals surface area contributed by atoms with Gasteiger partial charge in [-0.1, -0.05) is 12.1 Å². The Morgan fingerprint density at radius 3 is 2.50 bits per heavy atom. The van der Waals surface area contributed by atoms with Crippen molar-refractivity contribution >= 4 is 41.5 Å². The van der Waals surface area contributed by atoms with Gasteiger partial charge in [0.15, 0.2) is 5.96 Å². The van der Waals surface area contributed by atoms with E-state index in [1.165, 1.54) is 0 Å². The molecular weight excluding hydrogens is 499 g/mol. The Bertz CT molecular complexity index is 690. The van der Waals surface area contributed by atoms with Crippen molar-refractivity contribution in [1.82, 2.24) is 15.5 Å². The summed E-state index contributed by atoms with van der Waals surface area (Å²) in [5.41, 5.74) is 6.49. The third-order valence-electron chi connectivity index (χ3n) is 4.94. The summed E-state index contributed by atoms with van der Waals surface area (Å²) in [6.07, 6.45) is 4.72. The molecule has 4 N–H and O–H groups in total. The van der Waals surface area contributed by atoms with Crippen molar-refractivity contribution in [3.8, 4) is 0 Å². The number of carbonyl (C=O) groups excluding carboxylic acids is 1. The Morgan fingerprint density at radius 1 is 1.27 bits per heavy atom. The van der Waals surface area contributed by atoms with E-state index in [0.717, 1.165) is 69.8 Å². The van der Waals surface area contributed by atoms with Gasteiger partial charge in [-0.15, -0.1) is 24.0 Å². The van der Waals surface area contributed by atoms with Crippen LogP contribution in [0.4, 0.5) is 5.69 Å².